The number of amides is 2. The van der Waals surface area contributed by atoms with Crippen molar-refractivity contribution >= 4 is 28.6 Å². The molecule has 2 amide bonds. The molecule has 2 aromatic rings. The molecular weight excluding hydrogens is 420 g/mol. The van der Waals surface area contributed by atoms with Crippen LogP contribution in [0.15, 0.2) is 42.5 Å². The van der Waals surface area contributed by atoms with E-state index in [1.807, 2.05) is 63.2 Å². The van der Waals surface area contributed by atoms with Gasteiger partial charge in [0, 0.05) is 7.05 Å². The van der Waals surface area contributed by atoms with E-state index in [9.17, 15) is 19.5 Å². The molecule has 180 valence electrons. The van der Waals surface area contributed by atoms with E-state index in [-0.39, 0.29) is 12.3 Å². The van der Waals surface area contributed by atoms with Crippen LogP contribution in [-0.2, 0) is 25.5 Å². The minimum absolute atomic E-state index is 0.0989. The zero-order valence-corrected chi connectivity index (χ0v) is 20.6. The normalized spacial score (nSPS) is 14.8. The van der Waals surface area contributed by atoms with E-state index < -0.39 is 41.0 Å². The Morgan fingerprint density at radius 1 is 0.939 bits per heavy atom. The molecule has 0 fully saturated rings. The lowest BCUT2D eigenvalue weighted by atomic mass is 9.84. The van der Waals surface area contributed by atoms with Crippen LogP contribution in [0.1, 0.15) is 47.1 Å². The van der Waals surface area contributed by atoms with E-state index in [1.165, 1.54) is 7.05 Å². The lowest BCUT2D eigenvalue weighted by molar-refractivity contribution is -0.170. The maximum Gasteiger partial charge on any atom is 0.336 e. The van der Waals surface area contributed by atoms with Gasteiger partial charge < -0.3 is 20.5 Å². The number of benzene rings is 2. The summed E-state index contributed by atoms with van der Waals surface area (Å²) in [5.41, 5.74) is -0.623. The molecule has 0 spiro atoms. The summed E-state index contributed by atoms with van der Waals surface area (Å²) in [6.07, 6.45) is -1.59. The number of hydrogen-bond acceptors (Lipinski definition) is 5. The number of aliphatic hydroxyl groups excluding tert-OH is 1. The number of likely N-dealkylation sites (N-methyl/N-ethyl adjacent to an activating group) is 1. The van der Waals surface area contributed by atoms with E-state index in [4.69, 9.17) is 4.74 Å². The molecule has 0 bridgehead atoms. The van der Waals surface area contributed by atoms with Crippen molar-refractivity contribution in [3.05, 3.63) is 48.0 Å². The number of ether oxygens (including phenoxy) is 1. The first-order valence-corrected chi connectivity index (χ1v) is 11.1. The highest BCUT2D eigenvalue weighted by atomic mass is 16.6. The molecule has 33 heavy (non-hydrogen) atoms. The summed E-state index contributed by atoms with van der Waals surface area (Å²) >= 11 is 0. The van der Waals surface area contributed by atoms with Crippen molar-refractivity contribution in [2.24, 2.45) is 11.3 Å². The lowest BCUT2D eigenvalue weighted by Gasteiger charge is -2.32. The van der Waals surface area contributed by atoms with Crippen molar-refractivity contribution in [2.45, 2.75) is 65.7 Å². The Kier molecular flexibility index (Phi) is 8.25. The highest BCUT2D eigenvalue weighted by Gasteiger charge is 2.39. The highest BCUT2D eigenvalue weighted by Crippen LogP contribution is 2.24. The van der Waals surface area contributed by atoms with Crippen LogP contribution in [0, 0.1) is 11.3 Å². The molecule has 0 radical (unpaired) electrons. The predicted octanol–water partition coefficient (Wildman–Crippen LogP) is 2.98. The first-order valence-electron chi connectivity index (χ1n) is 11.1. The molecule has 0 saturated carbocycles. The van der Waals surface area contributed by atoms with Crippen molar-refractivity contribution in [1.29, 1.82) is 0 Å². The summed E-state index contributed by atoms with van der Waals surface area (Å²) in [7, 11) is 1.50. The maximum atomic E-state index is 13.3. The number of hydrogen-bond donors (Lipinski definition) is 3. The van der Waals surface area contributed by atoms with Gasteiger partial charge in [0.05, 0.1) is 5.92 Å². The topological polar surface area (TPSA) is 105 Å². The second kappa shape index (κ2) is 10.3. The molecule has 0 saturated heterocycles. The average Bonchev–Trinajstić information content (AvgIpc) is 2.72. The van der Waals surface area contributed by atoms with Crippen molar-refractivity contribution in [1.82, 2.24) is 10.6 Å². The Labute approximate surface area is 195 Å². The molecule has 7 nitrogen and oxygen atoms in total. The standard InChI is InChI=1S/C26H36N2O5/c1-25(2,3)21(23(31)27-7)28-22(30)19(20(29)24(32)33-26(4,5)6)15-16-12-13-17-10-8-9-11-18(17)14-16/h8-14,19-21,29H,15H2,1-7H3,(H,27,31)(H,28,30)/t19-,20+,21-/m1/s1. The Balaban J connectivity index is 2.38. The molecular formula is C26H36N2O5. The molecule has 0 aliphatic rings. The van der Waals surface area contributed by atoms with Gasteiger partial charge in [-0.05, 0) is 48.9 Å². The second-order valence-corrected chi connectivity index (χ2v) is 10.4. The lowest BCUT2D eigenvalue weighted by Crippen LogP contribution is -2.56. The Morgan fingerprint density at radius 3 is 2.09 bits per heavy atom. The molecule has 0 aliphatic carbocycles. The van der Waals surface area contributed by atoms with Crippen LogP contribution in [0.25, 0.3) is 10.8 Å². The van der Waals surface area contributed by atoms with Gasteiger partial charge in [0.15, 0.2) is 6.10 Å². The SMILES string of the molecule is CNC(=O)[C@@H](NC(=O)[C@H](Cc1ccc2ccccc2c1)[C@H](O)C(=O)OC(C)(C)C)C(C)(C)C. The summed E-state index contributed by atoms with van der Waals surface area (Å²) < 4.78 is 5.33. The van der Waals surface area contributed by atoms with Crippen molar-refractivity contribution in [3.8, 4) is 0 Å². The predicted molar refractivity (Wildman–Crippen MR) is 128 cm³/mol. The van der Waals surface area contributed by atoms with E-state index in [2.05, 4.69) is 10.6 Å². The molecule has 0 unspecified atom stereocenters. The minimum Gasteiger partial charge on any atom is -0.458 e. The zero-order valence-electron chi connectivity index (χ0n) is 20.6. The number of aliphatic hydroxyl groups is 1. The number of fused-ring (bicyclic) bond motifs is 1. The number of nitrogens with one attached hydrogen (secondary N) is 2. The van der Waals surface area contributed by atoms with Crippen LogP contribution in [0.2, 0.25) is 0 Å². The zero-order chi connectivity index (χ0) is 25.0. The smallest absolute Gasteiger partial charge is 0.336 e. The Bertz CT molecular complexity index is 1000. The molecule has 0 aliphatic heterocycles. The van der Waals surface area contributed by atoms with Crippen molar-refractivity contribution in [3.63, 3.8) is 0 Å². The monoisotopic (exact) mass is 456 g/mol. The first-order chi connectivity index (χ1) is 15.2. The number of esters is 1. The second-order valence-electron chi connectivity index (χ2n) is 10.4. The third-order valence-corrected chi connectivity index (χ3v) is 5.30. The molecule has 3 N–H and O–H groups in total. The van der Waals surface area contributed by atoms with Gasteiger partial charge in [0.1, 0.15) is 11.6 Å². The third-order valence-electron chi connectivity index (χ3n) is 5.30. The van der Waals surface area contributed by atoms with Crippen LogP contribution < -0.4 is 10.6 Å². The highest BCUT2D eigenvalue weighted by molar-refractivity contribution is 5.92. The first kappa shape index (κ1) is 26.3. The van der Waals surface area contributed by atoms with E-state index in [1.54, 1.807) is 20.8 Å². The van der Waals surface area contributed by atoms with Gasteiger partial charge in [-0.2, -0.15) is 0 Å². The van der Waals surface area contributed by atoms with Crippen molar-refractivity contribution in [2.75, 3.05) is 7.05 Å². The third kappa shape index (κ3) is 7.29. The van der Waals surface area contributed by atoms with E-state index in [0.29, 0.717) is 0 Å². The number of rotatable bonds is 7. The quantitative estimate of drug-likeness (QED) is 0.556. The van der Waals surface area contributed by atoms with Gasteiger partial charge in [-0.1, -0.05) is 63.2 Å². The van der Waals surface area contributed by atoms with E-state index >= 15 is 0 Å². The van der Waals surface area contributed by atoms with Gasteiger partial charge in [0.25, 0.3) is 0 Å². The fourth-order valence-electron chi connectivity index (χ4n) is 3.56. The maximum absolute atomic E-state index is 13.3. The number of carbonyl (C=O) groups excluding carboxylic acids is 3. The molecule has 0 aromatic heterocycles. The Morgan fingerprint density at radius 2 is 1.55 bits per heavy atom. The van der Waals surface area contributed by atoms with Crippen LogP contribution >= 0.6 is 0 Å². The van der Waals surface area contributed by atoms with Gasteiger partial charge in [0.2, 0.25) is 11.8 Å². The molecule has 2 rings (SSSR count). The fraction of sp³-hybridized carbons (Fsp3) is 0.500. The summed E-state index contributed by atoms with van der Waals surface area (Å²) in [4.78, 5) is 38.4. The van der Waals surface area contributed by atoms with Crippen LogP contribution in [0.5, 0.6) is 0 Å². The molecule has 2 aromatic carbocycles. The van der Waals surface area contributed by atoms with Gasteiger partial charge in [-0.15, -0.1) is 0 Å². The molecule has 7 heteroatoms. The Hall–Kier alpha value is -2.93. The van der Waals surface area contributed by atoms with Crippen LogP contribution in [0.3, 0.4) is 0 Å². The summed E-state index contributed by atoms with van der Waals surface area (Å²) in [5.74, 6) is -2.97. The average molecular weight is 457 g/mol. The van der Waals surface area contributed by atoms with Crippen molar-refractivity contribution < 1.29 is 24.2 Å². The summed E-state index contributed by atoms with van der Waals surface area (Å²) in [6.45, 7) is 10.6. The van der Waals surface area contributed by atoms with Gasteiger partial charge >= 0.3 is 5.97 Å². The van der Waals surface area contributed by atoms with Gasteiger partial charge in [-0.25, -0.2) is 4.79 Å². The summed E-state index contributed by atoms with van der Waals surface area (Å²) in [5, 5.41) is 18.2. The van der Waals surface area contributed by atoms with Crippen LogP contribution in [-0.4, -0.2) is 47.7 Å². The fourth-order valence-corrected chi connectivity index (χ4v) is 3.56. The van der Waals surface area contributed by atoms with Crippen LogP contribution in [0.4, 0.5) is 0 Å². The minimum atomic E-state index is -1.69. The molecule has 3 atom stereocenters. The van der Waals surface area contributed by atoms with E-state index in [0.717, 1.165) is 16.3 Å². The number of carbonyl (C=O) groups is 3. The summed E-state index contributed by atoms with van der Waals surface area (Å²) in [6, 6.07) is 12.7. The van der Waals surface area contributed by atoms with Gasteiger partial charge in [-0.3, -0.25) is 9.59 Å². The molecule has 0 heterocycles. The largest absolute Gasteiger partial charge is 0.458 e.